The number of hydrogen-bond acceptors (Lipinski definition) is 5. The number of nitrogens with zero attached hydrogens (tertiary/aromatic N) is 1. The second kappa shape index (κ2) is 4.31. The van der Waals surface area contributed by atoms with Crippen molar-refractivity contribution in [1.29, 1.82) is 5.26 Å². The van der Waals surface area contributed by atoms with Crippen LogP contribution >= 0.6 is 0 Å². The number of phenolic OH excluding ortho intramolecular Hbond substituents is 1. The standard InChI is InChI=1S/C10H7NO5/c1-16-8-3-7(12)6(2-5(8)4-11)9(13)10(14)15/h2-3,12H,1H3,(H,14,15). The third kappa shape index (κ3) is 1.93. The van der Waals surface area contributed by atoms with Crippen LogP contribution in [0.5, 0.6) is 11.5 Å². The van der Waals surface area contributed by atoms with E-state index in [4.69, 9.17) is 15.1 Å². The number of Topliss-reactive ketones (excluding diaryl/α,β-unsaturated/α-hetero) is 1. The molecule has 0 atom stereocenters. The maximum Gasteiger partial charge on any atom is 0.377 e. The second-order valence-electron chi connectivity index (χ2n) is 2.82. The van der Waals surface area contributed by atoms with Gasteiger partial charge in [0.05, 0.1) is 18.2 Å². The predicted octanol–water partition coefficient (Wildman–Crippen LogP) is 0.540. The van der Waals surface area contributed by atoms with Gasteiger partial charge in [-0.3, -0.25) is 4.79 Å². The predicted molar refractivity (Wildman–Crippen MR) is 51.3 cm³/mol. The van der Waals surface area contributed by atoms with Gasteiger partial charge in [-0.2, -0.15) is 5.26 Å². The van der Waals surface area contributed by atoms with E-state index in [0.717, 1.165) is 12.1 Å². The zero-order valence-corrected chi connectivity index (χ0v) is 8.22. The summed E-state index contributed by atoms with van der Waals surface area (Å²) in [6, 6.07) is 3.73. The average Bonchev–Trinajstić information content (AvgIpc) is 2.27. The molecule has 0 aromatic heterocycles. The molecule has 2 N–H and O–H groups in total. The fraction of sp³-hybridized carbons (Fsp3) is 0.100. The van der Waals surface area contributed by atoms with Crippen LogP contribution in [0.25, 0.3) is 0 Å². The molecule has 0 heterocycles. The van der Waals surface area contributed by atoms with Gasteiger partial charge in [0.2, 0.25) is 0 Å². The molecule has 1 rings (SSSR count). The van der Waals surface area contributed by atoms with E-state index in [-0.39, 0.29) is 11.3 Å². The number of methoxy groups -OCH3 is 1. The maximum atomic E-state index is 11.1. The monoisotopic (exact) mass is 221 g/mol. The normalized spacial score (nSPS) is 9.25. The van der Waals surface area contributed by atoms with Crippen molar-refractivity contribution < 1.29 is 24.5 Å². The molecule has 82 valence electrons. The molecular weight excluding hydrogens is 214 g/mol. The van der Waals surface area contributed by atoms with E-state index in [1.807, 2.05) is 0 Å². The first-order chi connectivity index (χ1) is 7.51. The lowest BCUT2D eigenvalue weighted by Crippen LogP contribution is -2.13. The van der Waals surface area contributed by atoms with Crippen molar-refractivity contribution in [3.05, 3.63) is 23.3 Å². The molecule has 0 aliphatic heterocycles. The topological polar surface area (TPSA) is 108 Å². The molecule has 0 aliphatic rings. The fourth-order valence-electron chi connectivity index (χ4n) is 1.12. The average molecular weight is 221 g/mol. The van der Waals surface area contributed by atoms with Crippen LogP contribution in [-0.2, 0) is 4.79 Å². The lowest BCUT2D eigenvalue weighted by Gasteiger charge is -2.06. The van der Waals surface area contributed by atoms with Crippen molar-refractivity contribution in [3.8, 4) is 17.6 Å². The Bertz CT molecular complexity index is 501. The lowest BCUT2D eigenvalue weighted by molar-refractivity contribution is -0.131. The number of aliphatic carboxylic acids is 1. The largest absolute Gasteiger partial charge is 0.507 e. The summed E-state index contributed by atoms with van der Waals surface area (Å²) in [5, 5.41) is 26.6. The fourth-order valence-corrected chi connectivity index (χ4v) is 1.12. The Morgan fingerprint density at radius 3 is 2.50 bits per heavy atom. The Kier molecular flexibility index (Phi) is 3.11. The third-order valence-corrected chi connectivity index (χ3v) is 1.88. The summed E-state index contributed by atoms with van der Waals surface area (Å²) in [7, 11) is 1.29. The minimum Gasteiger partial charge on any atom is -0.507 e. The molecule has 0 radical (unpaired) electrons. The second-order valence-corrected chi connectivity index (χ2v) is 2.82. The number of carboxylic acids is 1. The molecule has 0 saturated heterocycles. The number of ether oxygens (including phenoxy) is 1. The zero-order chi connectivity index (χ0) is 12.3. The first-order valence-electron chi connectivity index (χ1n) is 4.10. The summed E-state index contributed by atoms with van der Waals surface area (Å²) in [5.41, 5.74) is -0.463. The van der Waals surface area contributed by atoms with E-state index >= 15 is 0 Å². The van der Waals surface area contributed by atoms with Crippen LogP contribution in [0, 0.1) is 11.3 Å². The first-order valence-corrected chi connectivity index (χ1v) is 4.10. The van der Waals surface area contributed by atoms with Gasteiger partial charge >= 0.3 is 5.97 Å². The first kappa shape index (κ1) is 11.5. The molecule has 1 aromatic carbocycles. The van der Waals surface area contributed by atoms with Crippen molar-refractivity contribution in [3.63, 3.8) is 0 Å². The van der Waals surface area contributed by atoms with E-state index in [1.165, 1.54) is 7.11 Å². The number of phenols is 1. The Labute approximate surface area is 90.3 Å². The minimum atomic E-state index is -1.70. The van der Waals surface area contributed by atoms with Crippen molar-refractivity contribution in [2.24, 2.45) is 0 Å². The van der Waals surface area contributed by atoms with Crippen LogP contribution in [0.4, 0.5) is 0 Å². The number of carbonyl (C=O) groups is 2. The summed E-state index contributed by atoms with van der Waals surface area (Å²) < 4.78 is 4.77. The summed E-state index contributed by atoms with van der Waals surface area (Å²) >= 11 is 0. The molecular formula is C10H7NO5. The number of hydrogen-bond donors (Lipinski definition) is 2. The minimum absolute atomic E-state index is 0.0232. The molecule has 0 amide bonds. The quantitative estimate of drug-likeness (QED) is 0.569. The molecule has 6 heteroatoms. The van der Waals surface area contributed by atoms with Gasteiger partial charge in [0.1, 0.15) is 17.6 Å². The Morgan fingerprint density at radius 2 is 2.06 bits per heavy atom. The van der Waals surface area contributed by atoms with Crippen molar-refractivity contribution in [1.82, 2.24) is 0 Å². The SMILES string of the molecule is COc1cc(O)c(C(=O)C(=O)O)cc1C#N. The van der Waals surface area contributed by atoms with Gasteiger partial charge in [-0.05, 0) is 6.07 Å². The molecule has 1 aromatic rings. The number of benzene rings is 1. The number of nitriles is 1. The maximum absolute atomic E-state index is 11.1. The number of carbonyl (C=O) groups excluding carboxylic acids is 1. The smallest absolute Gasteiger partial charge is 0.377 e. The van der Waals surface area contributed by atoms with Crippen LogP contribution in [0.2, 0.25) is 0 Å². The Balaban J connectivity index is 3.39. The summed E-state index contributed by atoms with van der Waals surface area (Å²) in [5.74, 6) is -3.45. The van der Waals surface area contributed by atoms with E-state index in [0.29, 0.717) is 0 Å². The van der Waals surface area contributed by atoms with Gasteiger partial charge in [0.15, 0.2) is 0 Å². The number of ketones is 1. The highest BCUT2D eigenvalue weighted by molar-refractivity contribution is 6.40. The molecule has 0 unspecified atom stereocenters. The van der Waals surface area contributed by atoms with Crippen LogP contribution in [0.15, 0.2) is 12.1 Å². The molecule has 0 bridgehead atoms. The molecule has 0 spiro atoms. The molecule has 0 saturated carbocycles. The van der Waals surface area contributed by atoms with Gasteiger partial charge in [0, 0.05) is 6.07 Å². The third-order valence-electron chi connectivity index (χ3n) is 1.88. The van der Waals surface area contributed by atoms with E-state index in [2.05, 4.69) is 0 Å². The van der Waals surface area contributed by atoms with Crippen molar-refractivity contribution in [2.45, 2.75) is 0 Å². The highest BCUT2D eigenvalue weighted by Crippen LogP contribution is 2.28. The van der Waals surface area contributed by atoms with Gasteiger partial charge in [-0.1, -0.05) is 0 Å². The Hall–Kier alpha value is -2.55. The number of carboxylic acid groups (broad SMARTS) is 1. The summed E-state index contributed by atoms with van der Waals surface area (Å²) in [4.78, 5) is 21.6. The van der Waals surface area contributed by atoms with Crippen LogP contribution in [-0.4, -0.2) is 29.1 Å². The van der Waals surface area contributed by atoms with Gasteiger partial charge in [0.25, 0.3) is 5.78 Å². The van der Waals surface area contributed by atoms with Crippen LogP contribution in [0.1, 0.15) is 15.9 Å². The highest BCUT2D eigenvalue weighted by Gasteiger charge is 2.21. The summed E-state index contributed by atoms with van der Waals surface area (Å²) in [6.07, 6.45) is 0. The molecule has 16 heavy (non-hydrogen) atoms. The zero-order valence-electron chi connectivity index (χ0n) is 8.22. The molecule has 0 fully saturated rings. The highest BCUT2D eigenvalue weighted by atomic mass is 16.5. The number of rotatable bonds is 3. The van der Waals surface area contributed by atoms with Crippen molar-refractivity contribution >= 4 is 11.8 Å². The van der Waals surface area contributed by atoms with Crippen LogP contribution < -0.4 is 4.74 Å². The Morgan fingerprint density at radius 1 is 1.44 bits per heavy atom. The van der Waals surface area contributed by atoms with E-state index < -0.39 is 23.1 Å². The van der Waals surface area contributed by atoms with Gasteiger partial charge < -0.3 is 14.9 Å². The van der Waals surface area contributed by atoms with Gasteiger partial charge in [-0.15, -0.1) is 0 Å². The van der Waals surface area contributed by atoms with Crippen LogP contribution in [0.3, 0.4) is 0 Å². The molecule has 0 aliphatic carbocycles. The van der Waals surface area contributed by atoms with E-state index in [9.17, 15) is 14.7 Å². The van der Waals surface area contributed by atoms with E-state index in [1.54, 1.807) is 6.07 Å². The van der Waals surface area contributed by atoms with Gasteiger partial charge in [-0.25, -0.2) is 4.79 Å². The lowest BCUT2D eigenvalue weighted by atomic mass is 10.1. The summed E-state index contributed by atoms with van der Waals surface area (Å²) in [6.45, 7) is 0. The molecule has 6 nitrogen and oxygen atoms in total. The number of aromatic hydroxyl groups is 1. The van der Waals surface area contributed by atoms with Crippen molar-refractivity contribution in [2.75, 3.05) is 7.11 Å².